The first-order valence-electron chi connectivity index (χ1n) is 13.7. The molecule has 2 aliphatic rings. The summed E-state index contributed by atoms with van der Waals surface area (Å²) in [4.78, 5) is 15.4. The van der Waals surface area contributed by atoms with Gasteiger partial charge in [-0.1, -0.05) is 17.7 Å². The monoisotopic (exact) mass is 600 g/mol. The first-order valence-corrected chi connectivity index (χ1v) is 14.1. The molecule has 1 atom stereocenters. The minimum atomic E-state index is -0.959. The van der Waals surface area contributed by atoms with Crippen molar-refractivity contribution in [1.82, 2.24) is 15.0 Å². The van der Waals surface area contributed by atoms with E-state index in [-0.39, 0.29) is 65.2 Å². The second-order valence-electron chi connectivity index (χ2n) is 11.5. The third-order valence-corrected chi connectivity index (χ3v) is 8.37. The van der Waals surface area contributed by atoms with Gasteiger partial charge in [0.15, 0.2) is 12.6 Å². The summed E-state index contributed by atoms with van der Waals surface area (Å²) in [5, 5.41) is 21.5. The van der Waals surface area contributed by atoms with Gasteiger partial charge in [0.05, 0.1) is 29.2 Å². The average Bonchev–Trinajstić information content (AvgIpc) is 3.76. The summed E-state index contributed by atoms with van der Waals surface area (Å²) in [5.74, 6) is -0.705. The molecule has 2 aromatic carbocycles. The van der Waals surface area contributed by atoms with Gasteiger partial charge in [-0.05, 0) is 56.2 Å². The van der Waals surface area contributed by atoms with Gasteiger partial charge in [0.25, 0.3) is 0 Å². The van der Waals surface area contributed by atoms with Crippen molar-refractivity contribution in [3.05, 3.63) is 47.1 Å². The highest BCUT2D eigenvalue weighted by Crippen LogP contribution is 2.45. The predicted molar refractivity (Wildman–Crippen MR) is 154 cm³/mol. The Labute approximate surface area is 246 Å². The number of benzene rings is 2. The Morgan fingerprint density at radius 1 is 1.12 bits per heavy atom. The van der Waals surface area contributed by atoms with Crippen LogP contribution in [0.15, 0.2) is 30.5 Å². The number of fused-ring (bicyclic) bond motifs is 2. The minimum Gasteiger partial charge on any atom is -0.468 e. The molecule has 0 radical (unpaired) electrons. The smallest absolute Gasteiger partial charge is 0.319 e. The number of ether oxygens (including phenoxy) is 3. The van der Waals surface area contributed by atoms with Crippen LogP contribution >= 0.6 is 11.6 Å². The second kappa shape index (κ2) is 11.0. The summed E-state index contributed by atoms with van der Waals surface area (Å²) in [7, 11) is 1.48. The Kier molecular flexibility index (Phi) is 7.55. The number of β-amino-alcohol motifs (C(OH)–C–C–N with tert-alkyl or cyclic N) is 1. The number of methoxy groups -OCH3 is 1. The van der Waals surface area contributed by atoms with Gasteiger partial charge in [0, 0.05) is 42.8 Å². The van der Waals surface area contributed by atoms with E-state index in [1.54, 1.807) is 13.0 Å². The number of aliphatic hydroxyl groups is 2. The second-order valence-corrected chi connectivity index (χ2v) is 11.8. The zero-order chi connectivity index (χ0) is 29.6. The molecular weight excluding hydrogens is 570 g/mol. The van der Waals surface area contributed by atoms with Gasteiger partial charge < -0.3 is 29.3 Å². The van der Waals surface area contributed by atoms with Crippen LogP contribution in [0.5, 0.6) is 11.8 Å². The molecule has 0 amide bonds. The van der Waals surface area contributed by atoms with Crippen LogP contribution in [0.3, 0.4) is 0 Å². The molecule has 9 nitrogen and oxygen atoms in total. The summed E-state index contributed by atoms with van der Waals surface area (Å²) in [6.45, 7) is 2.72. The van der Waals surface area contributed by atoms with Crippen LogP contribution in [0.25, 0.3) is 32.9 Å². The number of aromatic nitrogens is 3. The topological polar surface area (TPSA) is 110 Å². The van der Waals surface area contributed by atoms with Crippen LogP contribution in [0.2, 0.25) is 5.02 Å². The summed E-state index contributed by atoms with van der Waals surface area (Å²) in [6.07, 6.45) is 4.42. The molecule has 2 fully saturated rings. The lowest BCUT2D eigenvalue weighted by Crippen LogP contribution is -2.46. The van der Waals surface area contributed by atoms with E-state index in [9.17, 15) is 14.6 Å². The minimum absolute atomic E-state index is 0.0310. The number of nitrogens with zero attached hydrogens (tertiary/aromatic N) is 4. The van der Waals surface area contributed by atoms with Crippen molar-refractivity contribution in [1.29, 1.82) is 0 Å². The first-order chi connectivity index (χ1) is 20.1. The normalized spacial score (nSPS) is 19.8. The molecule has 42 heavy (non-hydrogen) atoms. The van der Waals surface area contributed by atoms with Crippen LogP contribution in [0.1, 0.15) is 32.6 Å². The van der Waals surface area contributed by atoms with Crippen molar-refractivity contribution >= 4 is 39.1 Å². The van der Waals surface area contributed by atoms with Crippen LogP contribution in [0, 0.1) is 17.0 Å². The number of rotatable bonds is 9. The molecule has 222 valence electrons. The van der Waals surface area contributed by atoms with Crippen LogP contribution < -0.4 is 14.4 Å². The van der Waals surface area contributed by atoms with Crippen LogP contribution in [0.4, 0.5) is 14.6 Å². The summed E-state index contributed by atoms with van der Waals surface area (Å²) in [6, 6.07) is 5.90. The standard InChI is InChI=1S/C30H31ClF2N4O5/c1-29(39)6-3-9-37(13-29)27-20-12-34-25(24(33)26(20)35-28(36-27)41-15-30(14-38)7-8-30)19-11-18(42-16-40-2)10-17-4-5-21(32)23(31)22(17)19/h4-5,10-12,38-39H,3,6-9,13-16H2,1-2H3/t29-/m1/s1. The Morgan fingerprint density at radius 3 is 2.64 bits per heavy atom. The zero-order valence-electron chi connectivity index (χ0n) is 23.3. The molecule has 2 N–H and O–H groups in total. The van der Waals surface area contributed by atoms with Crippen molar-refractivity contribution < 1.29 is 33.2 Å². The maximum Gasteiger partial charge on any atom is 0.319 e. The SMILES string of the molecule is COCOc1cc(-c2ncc3c(N4CCC[C@@](C)(O)C4)nc(OCC4(CO)CC4)nc3c2F)c2c(Cl)c(F)ccc2c1. The molecule has 1 aliphatic heterocycles. The lowest BCUT2D eigenvalue weighted by atomic mass is 9.95. The Morgan fingerprint density at radius 2 is 1.93 bits per heavy atom. The van der Waals surface area contributed by atoms with Crippen molar-refractivity contribution in [2.45, 2.75) is 38.2 Å². The van der Waals surface area contributed by atoms with Crippen molar-refractivity contribution in [2.75, 3.05) is 45.1 Å². The summed E-state index contributed by atoms with van der Waals surface area (Å²) in [5.41, 5.74) is -1.26. The molecule has 2 aromatic heterocycles. The quantitative estimate of drug-likeness (QED) is 0.249. The van der Waals surface area contributed by atoms with E-state index in [0.717, 1.165) is 12.8 Å². The van der Waals surface area contributed by atoms with E-state index in [1.165, 1.54) is 31.5 Å². The summed E-state index contributed by atoms with van der Waals surface area (Å²) >= 11 is 6.40. The fraction of sp³-hybridized carbons (Fsp3) is 0.433. The fourth-order valence-corrected chi connectivity index (χ4v) is 5.70. The zero-order valence-corrected chi connectivity index (χ0v) is 24.0. The van der Waals surface area contributed by atoms with Gasteiger partial charge >= 0.3 is 6.01 Å². The molecule has 3 heterocycles. The van der Waals surface area contributed by atoms with Gasteiger partial charge in [-0.15, -0.1) is 0 Å². The lowest BCUT2D eigenvalue weighted by molar-refractivity contribution is 0.0447. The third-order valence-electron chi connectivity index (χ3n) is 8.00. The third kappa shape index (κ3) is 5.42. The molecule has 1 saturated heterocycles. The van der Waals surface area contributed by atoms with Gasteiger partial charge in [0.1, 0.15) is 28.6 Å². The number of hydrogen-bond donors (Lipinski definition) is 2. The molecule has 0 unspecified atom stereocenters. The molecule has 1 saturated carbocycles. The highest BCUT2D eigenvalue weighted by atomic mass is 35.5. The largest absolute Gasteiger partial charge is 0.468 e. The Hall–Kier alpha value is -3.38. The first kappa shape index (κ1) is 28.7. The maximum absolute atomic E-state index is 16.6. The highest BCUT2D eigenvalue weighted by molar-refractivity contribution is 6.37. The van der Waals surface area contributed by atoms with E-state index in [4.69, 9.17) is 25.8 Å². The van der Waals surface area contributed by atoms with Crippen molar-refractivity contribution in [3.8, 4) is 23.0 Å². The number of halogens is 3. The Bertz CT molecular complexity index is 1670. The van der Waals surface area contributed by atoms with Crippen LogP contribution in [-0.4, -0.2) is 71.0 Å². The molecule has 1 aliphatic carbocycles. The van der Waals surface area contributed by atoms with E-state index < -0.39 is 17.2 Å². The molecule has 0 bridgehead atoms. The maximum atomic E-state index is 16.6. The number of pyridine rings is 1. The number of hydrogen-bond acceptors (Lipinski definition) is 9. The van der Waals surface area contributed by atoms with Crippen LogP contribution in [-0.2, 0) is 4.74 Å². The van der Waals surface area contributed by atoms with Crippen molar-refractivity contribution in [3.63, 3.8) is 0 Å². The van der Waals surface area contributed by atoms with Gasteiger partial charge in [0.2, 0.25) is 0 Å². The van der Waals surface area contributed by atoms with E-state index in [0.29, 0.717) is 41.7 Å². The molecular formula is C30H31ClF2N4O5. The number of aliphatic hydroxyl groups excluding tert-OH is 1. The molecule has 0 spiro atoms. The average molecular weight is 601 g/mol. The number of piperidine rings is 1. The fourth-order valence-electron chi connectivity index (χ4n) is 5.42. The van der Waals surface area contributed by atoms with Gasteiger partial charge in [-0.3, -0.25) is 4.98 Å². The lowest BCUT2D eigenvalue weighted by Gasteiger charge is -2.37. The van der Waals surface area contributed by atoms with E-state index >= 15 is 4.39 Å². The predicted octanol–water partition coefficient (Wildman–Crippen LogP) is 5.26. The van der Waals surface area contributed by atoms with Crippen molar-refractivity contribution in [2.24, 2.45) is 5.41 Å². The molecule has 6 rings (SSSR count). The van der Waals surface area contributed by atoms with Gasteiger partial charge in [-0.2, -0.15) is 9.97 Å². The van der Waals surface area contributed by atoms with E-state index in [1.807, 2.05) is 4.90 Å². The Balaban J connectivity index is 1.53. The summed E-state index contributed by atoms with van der Waals surface area (Å²) < 4.78 is 47.8. The highest BCUT2D eigenvalue weighted by Gasteiger charge is 2.43. The molecule has 4 aromatic rings. The van der Waals surface area contributed by atoms with E-state index in [2.05, 4.69) is 15.0 Å². The van der Waals surface area contributed by atoms with Gasteiger partial charge in [-0.25, -0.2) is 8.78 Å². The molecule has 12 heteroatoms. The number of anilines is 1.